The van der Waals surface area contributed by atoms with Crippen LogP contribution in [-0.4, -0.2) is 36.1 Å². The normalized spacial score (nSPS) is 19.0. The summed E-state index contributed by atoms with van der Waals surface area (Å²) in [5, 5.41) is 11.6. The number of anilines is 1. The quantitative estimate of drug-likeness (QED) is 0.832. The van der Waals surface area contributed by atoms with Gasteiger partial charge in [0, 0.05) is 31.3 Å². The number of rotatable bonds is 6. The van der Waals surface area contributed by atoms with E-state index in [0.29, 0.717) is 18.5 Å². The van der Waals surface area contributed by atoms with E-state index in [1.165, 1.54) is 17.0 Å². The number of benzene rings is 1. The third-order valence-corrected chi connectivity index (χ3v) is 4.20. The Hall–Kier alpha value is -1.66. The van der Waals surface area contributed by atoms with Crippen LogP contribution < -0.4 is 10.2 Å². The summed E-state index contributed by atoms with van der Waals surface area (Å²) >= 11 is 5.64. The van der Waals surface area contributed by atoms with Crippen molar-refractivity contribution in [1.29, 1.82) is 0 Å². The maximum absolute atomic E-state index is 13.5. The second-order valence-corrected chi connectivity index (χ2v) is 6.19. The summed E-state index contributed by atoms with van der Waals surface area (Å²) < 4.78 is 13.5. The molecule has 2 atom stereocenters. The van der Waals surface area contributed by atoms with Crippen LogP contribution in [0.15, 0.2) is 18.2 Å². The molecule has 0 aromatic heterocycles. The number of hydrogen-bond acceptors (Lipinski definition) is 3. The fourth-order valence-corrected chi connectivity index (χ4v) is 2.73. The smallest absolute Gasteiger partial charge is 0.227 e. The van der Waals surface area contributed by atoms with Crippen LogP contribution in [0.5, 0.6) is 0 Å². The number of aliphatic hydroxyl groups excluding tert-OH is 1. The van der Waals surface area contributed by atoms with Crippen molar-refractivity contribution in [3.8, 4) is 0 Å². The molecule has 126 valence electrons. The monoisotopic (exact) mass is 342 g/mol. The van der Waals surface area contributed by atoms with Crippen molar-refractivity contribution < 1.29 is 19.1 Å². The molecule has 1 aromatic carbocycles. The molecule has 1 fully saturated rings. The molecular formula is C16H20ClFN2O3. The predicted octanol–water partition coefficient (Wildman–Crippen LogP) is 2.11. The molecule has 0 spiro atoms. The summed E-state index contributed by atoms with van der Waals surface area (Å²) in [6, 6.07) is 4.09. The summed E-state index contributed by atoms with van der Waals surface area (Å²) in [6.07, 6.45) is 1.39. The molecule has 0 aliphatic carbocycles. The van der Waals surface area contributed by atoms with Crippen LogP contribution in [-0.2, 0) is 9.59 Å². The van der Waals surface area contributed by atoms with E-state index < -0.39 is 11.7 Å². The number of carbonyl (C=O) groups excluding carboxylic acids is 2. The van der Waals surface area contributed by atoms with Gasteiger partial charge in [0.15, 0.2) is 0 Å². The third-order valence-electron chi connectivity index (χ3n) is 3.89. The molecular weight excluding hydrogens is 323 g/mol. The lowest BCUT2D eigenvalue weighted by Gasteiger charge is -2.18. The summed E-state index contributed by atoms with van der Waals surface area (Å²) in [7, 11) is 0. The van der Waals surface area contributed by atoms with Gasteiger partial charge in [-0.1, -0.05) is 11.6 Å². The van der Waals surface area contributed by atoms with Crippen molar-refractivity contribution in [2.75, 3.05) is 18.1 Å². The van der Waals surface area contributed by atoms with Crippen molar-refractivity contribution >= 4 is 29.1 Å². The zero-order chi connectivity index (χ0) is 17.0. The summed E-state index contributed by atoms with van der Waals surface area (Å²) in [5.74, 6) is -1.46. The van der Waals surface area contributed by atoms with Crippen LogP contribution in [0.3, 0.4) is 0 Å². The number of halogens is 2. The van der Waals surface area contributed by atoms with Gasteiger partial charge in [0.05, 0.1) is 10.9 Å². The largest absolute Gasteiger partial charge is 0.396 e. The Morgan fingerprint density at radius 1 is 1.57 bits per heavy atom. The molecule has 1 aliphatic heterocycles. The molecule has 23 heavy (non-hydrogen) atoms. The lowest BCUT2D eigenvalue weighted by molar-refractivity contribution is -0.126. The minimum Gasteiger partial charge on any atom is -0.396 e. The van der Waals surface area contributed by atoms with Gasteiger partial charge in [0.1, 0.15) is 5.82 Å². The Balaban J connectivity index is 1.98. The Morgan fingerprint density at radius 2 is 2.30 bits per heavy atom. The Bertz CT molecular complexity index is 597. The molecule has 1 heterocycles. The van der Waals surface area contributed by atoms with Gasteiger partial charge in [-0.05, 0) is 38.0 Å². The maximum atomic E-state index is 13.5. The summed E-state index contributed by atoms with van der Waals surface area (Å²) in [5.41, 5.74) is 0.403. The topological polar surface area (TPSA) is 69.6 Å². The second-order valence-electron chi connectivity index (χ2n) is 5.78. The van der Waals surface area contributed by atoms with Crippen molar-refractivity contribution in [2.24, 2.45) is 5.92 Å². The standard InChI is InChI=1S/C16H20ClFN2O3/c1-10(3-2-6-21)19-16(23)11-7-15(22)20(9-11)12-4-5-13(17)14(18)8-12/h4-5,8,10-11,21H,2-3,6-7,9H2,1H3,(H,19,23)/t10-,11-/m1/s1. The van der Waals surface area contributed by atoms with Gasteiger partial charge in [-0.2, -0.15) is 0 Å². The Labute approximate surface area is 139 Å². The first-order valence-electron chi connectivity index (χ1n) is 7.59. The molecule has 2 N–H and O–H groups in total. The highest BCUT2D eigenvalue weighted by Crippen LogP contribution is 2.28. The van der Waals surface area contributed by atoms with Crippen LogP contribution in [0.25, 0.3) is 0 Å². The van der Waals surface area contributed by atoms with Gasteiger partial charge in [-0.3, -0.25) is 9.59 Å². The Morgan fingerprint density at radius 3 is 2.96 bits per heavy atom. The van der Waals surface area contributed by atoms with E-state index in [-0.39, 0.29) is 42.5 Å². The second kappa shape index (κ2) is 7.75. The highest BCUT2D eigenvalue weighted by Gasteiger charge is 2.35. The first-order chi connectivity index (χ1) is 10.9. The maximum Gasteiger partial charge on any atom is 0.227 e. The number of nitrogens with one attached hydrogen (secondary N) is 1. The number of nitrogens with zero attached hydrogens (tertiary/aromatic N) is 1. The third kappa shape index (κ3) is 4.42. The lowest BCUT2D eigenvalue weighted by atomic mass is 10.1. The first-order valence-corrected chi connectivity index (χ1v) is 7.96. The average Bonchev–Trinajstić information content (AvgIpc) is 2.90. The van der Waals surface area contributed by atoms with Crippen molar-refractivity contribution in [1.82, 2.24) is 5.32 Å². The molecule has 1 aliphatic rings. The van der Waals surface area contributed by atoms with E-state index in [2.05, 4.69) is 5.32 Å². The highest BCUT2D eigenvalue weighted by molar-refractivity contribution is 6.30. The molecule has 0 radical (unpaired) electrons. The molecule has 5 nitrogen and oxygen atoms in total. The number of carbonyl (C=O) groups is 2. The SMILES string of the molecule is C[C@H](CCCO)NC(=O)[C@@H]1CC(=O)N(c2ccc(Cl)c(F)c2)C1. The van der Waals surface area contributed by atoms with Crippen molar-refractivity contribution in [3.63, 3.8) is 0 Å². The summed E-state index contributed by atoms with van der Waals surface area (Å²) in [4.78, 5) is 25.7. The molecule has 1 saturated heterocycles. The number of hydrogen-bond donors (Lipinski definition) is 2. The van der Waals surface area contributed by atoms with Gasteiger partial charge in [0.25, 0.3) is 0 Å². The Kier molecular flexibility index (Phi) is 5.96. The van der Waals surface area contributed by atoms with Gasteiger partial charge >= 0.3 is 0 Å². The molecule has 2 rings (SSSR count). The van der Waals surface area contributed by atoms with Crippen LogP contribution in [0.4, 0.5) is 10.1 Å². The van der Waals surface area contributed by atoms with E-state index >= 15 is 0 Å². The minimum atomic E-state index is -0.595. The van der Waals surface area contributed by atoms with Crippen LogP contribution in [0.2, 0.25) is 5.02 Å². The van der Waals surface area contributed by atoms with E-state index in [4.69, 9.17) is 16.7 Å². The number of amides is 2. The molecule has 0 saturated carbocycles. The molecule has 2 amide bonds. The van der Waals surface area contributed by atoms with E-state index in [9.17, 15) is 14.0 Å². The first kappa shape index (κ1) is 17.7. The number of aliphatic hydroxyl groups is 1. The van der Waals surface area contributed by atoms with E-state index in [0.717, 1.165) is 0 Å². The highest BCUT2D eigenvalue weighted by atomic mass is 35.5. The summed E-state index contributed by atoms with van der Waals surface area (Å²) in [6.45, 7) is 2.16. The van der Waals surface area contributed by atoms with Crippen LogP contribution >= 0.6 is 11.6 Å². The van der Waals surface area contributed by atoms with Crippen LogP contribution in [0, 0.1) is 11.7 Å². The van der Waals surface area contributed by atoms with E-state index in [1.807, 2.05) is 6.92 Å². The molecule has 0 bridgehead atoms. The average molecular weight is 343 g/mol. The van der Waals surface area contributed by atoms with Crippen LogP contribution in [0.1, 0.15) is 26.2 Å². The molecule has 0 unspecified atom stereocenters. The van der Waals surface area contributed by atoms with Crippen molar-refractivity contribution in [2.45, 2.75) is 32.2 Å². The molecule has 7 heteroatoms. The minimum absolute atomic E-state index is 0.00704. The fraction of sp³-hybridized carbons (Fsp3) is 0.500. The fourth-order valence-electron chi connectivity index (χ4n) is 2.62. The van der Waals surface area contributed by atoms with Crippen molar-refractivity contribution in [3.05, 3.63) is 29.0 Å². The van der Waals surface area contributed by atoms with Gasteiger partial charge < -0.3 is 15.3 Å². The van der Waals surface area contributed by atoms with Gasteiger partial charge in [-0.15, -0.1) is 0 Å². The van der Waals surface area contributed by atoms with Gasteiger partial charge in [0.2, 0.25) is 11.8 Å². The van der Waals surface area contributed by atoms with Gasteiger partial charge in [-0.25, -0.2) is 4.39 Å². The van der Waals surface area contributed by atoms with E-state index in [1.54, 1.807) is 6.07 Å². The molecule has 1 aromatic rings. The lowest BCUT2D eigenvalue weighted by Crippen LogP contribution is -2.38. The predicted molar refractivity (Wildman–Crippen MR) is 85.8 cm³/mol. The zero-order valence-electron chi connectivity index (χ0n) is 12.9. The zero-order valence-corrected chi connectivity index (χ0v) is 13.6.